The van der Waals surface area contributed by atoms with Gasteiger partial charge < -0.3 is 5.32 Å². The number of nitrogens with one attached hydrogen (secondary N) is 1. The van der Waals surface area contributed by atoms with Gasteiger partial charge in [-0.25, -0.2) is 0 Å². The maximum absolute atomic E-state index is 3.79. The fourth-order valence-corrected chi connectivity index (χ4v) is 4.89. The minimum absolute atomic E-state index is 0.545. The molecule has 1 heterocycles. The Morgan fingerprint density at radius 3 is 3.06 bits per heavy atom. The largest absolute Gasteiger partial charge is 0.313 e. The summed E-state index contributed by atoms with van der Waals surface area (Å²) in [7, 11) is 0. The van der Waals surface area contributed by atoms with E-state index in [1.165, 1.54) is 45.1 Å². The second-order valence-corrected chi connectivity index (χ2v) is 6.18. The second-order valence-electron chi connectivity index (χ2n) is 6.18. The number of rotatable bonds is 0. The van der Waals surface area contributed by atoms with Crippen molar-refractivity contribution in [3.05, 3.63) is 35.4 Å². The van der Waals surface area contributed by atoms with Crippen molar-refractivity contribution in [1.29, 1.82) is 0 Å². The summed E-state index contributed by atoms with van der Waals surface area (Å²) < 4.78 is 0. The molecule has 3 aliphatic rings. The Morgan fingerprint density at radius 2 is 2.06 bits per heavy atom. The summed E-state index contributed by atoms with van der Waals surface area (Å²) in [6.07, 6.45) is 8.41. The fourth-order valence-electron chi connectivity index (χ4n) is 4.89. The fraction of sp³-hybridized carbons (Fsp3) is 0.625. The molecule has 17 heavy (non-hydrogen) atoms. The van der Waals surface area contributed by atoms with Gasteiger partial charge in [0.25, 0.3) is 0 Å². The molecule has 1 aromatic carbocycles. The van der Waals surface area contributed by atoms with Crippen molar-refractivity contribution in [1.82, 2.24) is 5.32 Å². The van der Waals surface area contributed by atoms with Crippen LogP contribution in [0.15, 0.2) is 24.3 Å². The Morgan fingerprint density at radius 1 is 1.12 bits per heavy atom. The third kappa shape index (κ3) is 1.29. The first-order valence-corrected chi connectivity index (χ1v) is 7.22. The molecule has 1 aliphatic heterocycles. The molecule has 90 valence electrons. The Labute approximate surface area is 104 Å². The molecule has 0 amide bonds. The number of fused-ring (bicyclic) bond motifs is 1. The second kappa shape index (κ2) is 3.58. The summed E-state index contributed by atoms with van der Waals surface area (Å²) in [6.45, 7) is 1.23. The van der Waals surface area contributed by atoms with Crippen LogP contribution < -0.4 is 5.32 Å². The van der Waals surface area contributed by atoms with Crippen LogP contribution in [0.2, 0.25) is 0 Å². The number of piperidine rings is 1. The standard InChI is InChI=1S/C16H21N/c1-2-6-13-12(5-1)11-15-14-7-3-4-8-16(13,14)9-10-17-15/h1-2,5-6,14-15,17H,3-4,7-11H2/t14?,15?,16-/m0/s1. The van der Waals surface area contributed by atoms with Crippen LogP contribution in [0.1, 0.15) is 43.2 Å². The van der Waals surface area contributed by atoms with Crippen molar-refractivity contribution >= 4 is 0 Å². The first-order valence-electron chi connectivity index (χ1n) is 7.22. The van der Waals surface area contributed by atoms with Gasteiger partial charge in [-0.3, -0.25) is 0 Å². The topological polar surface area (TPSA) is 12.0 Å². The zero-order valence-electron chi connectivity index (χ0n) is 10.4. The van der Waals surface area contributed by atoms with Gasteiger partial charge >= 0.3 is 0 Å². The minimum Gasteiger partial charge on any atom is -0.313 e. The molecule has 3 atom stereocenters. The molecule has 2 bridgehead atoms. The number of benzene rings is 1. The van der Waals surface area contributed by atoms with Gasteiger partial charge in [0.1, 0.15) is 0 Å². The SMILES string of the molecule is c1ccc2c(c1)CC1NCC[C@@]23CCCCC13. The van der Waals surface area contributed by atoms with Gasteiger partial charge in [0.15, 0.2) is 0 Å². The van der Waals surface area contributed by atoms with Crippen molar-refractivity contribution < 1.29 is 0 Å². The van der Waals surface area contributed by atoms with Gasteiger partial charge in [-0.2, -0.15) is 0 Å². The van der Waals surface area contributed by atoms with Crippen LogP contribution in [0.25, 0.3) is 0 Å². The van der Waals surface area contributed by atoms with Gasteiger partial charge in [-0.15, -0.1) is 0 Å². The summed E-state index contributed by atoms with van der Waals surface area (Å²) >= 11 is 0. The van der Waals surface area contributed by atoms with E-state index in [9.17, 15) is 0 Å². The van der Waals surface area contributed by atoms with Gasteiger partial charge in [-0.1, -0.05) is 37.1 Å². The first kappa shape index (κ1) is 10.1. The zero-order valence-corrected chi connectivity index (χ0v) is 10.4. The summed E-state index contributed by atoms with van der Waals surface area (Å²) in [6, 6.07) is 10.0. The lowest BCUT2D eigenvalue weighted by Crippen LogP contribution is -2.59. The lowest BCUT2D eigenvalue weighted by atomic mass is 9.53. The molecular weight excluding hydrogens is 206 g/mol. The monoisotopic (exact) mass is 227 g/mol. The highest BCUT2D eigenvalue weighted by atomic mass is 15.0. The molecule has 1 aromatic rings. The van der Waals surface area contributed by atoms with E-state index < -0.39 is 0 Å². The van der Waals surface area contributed by atoms with E-state index in [1.54, 1.807) is 11.1 Å². The van der Waals surface area contributed by atoms with Gasteiger partial charge in [0, 0.05) is 11.5 Å². The summed E-state index contributed by atoms with van der Waals surface area (Å²) in [4.78, 5) is 0. The molecular formula is C16H21N. The minimum atomic E-state index is 0.545. The quantitative estimate of drug-likeness (QED) is 0.718. The summed E-state index contributed by atoms with van der Waals surface area (Å²) in [5.41, 5.74) is 3.88. The average Bonchev–Trinajstić information content (AvgIpc) is 2.39. The Bertz CT molecular complexity index is 435. The Kier molecular flexibility index (Phi) is 2.14. The molecule has 0 aromatic heterocycles. The summed E-state index contributed by atoms with van der Waals surface area (Å²) in [5.74, 6) is 0.917. The van der Waals surface area contributed by atoms with Crippen LogP contribution in [0.5, 0.6) is 0 Å². The Hall–Kier alpha value is -0.820. The van der Waals surface area contributed by atoms with E-state index in [1.807, 2.05) is 0 Å². The molecule has 1 nitrogen and oxygen atoms in total. The maximum Gasteiger partial charge on any atom is 0.0144 e. The highest BCUT2D eigenvalue weighted by Gasteiger charge is 2.51. The predicted molar refractivity (Wildman–Crippen MR) is 70.2 cm³/mol. The van der Waals surface area contributed by atoms with Crippen LogP contribution in [-0.4, -0.2) is 12.6 Å². The maximum atomic E-state index is 3.79. The molecule has 1 N–H and O–H groups in total. The van der Waals surface area contributed by atoms with Crippen LogP contribution in [0, 0.1) is 5.92 Å². The third-order valence-electron chi connectivity index (χ3n) is 5.55. The number of hydrogen-bond donors (Lipinski definition) is 1. The van der Waals surface area contributed by atoms with E-state index in [4.69, 9.17) is 0 Å². The van der Waals surface area contributed by atoms with Crippen LogP contribution in [-0.2, 0) is 11.8 Å². The molecule has 2 fully saturated rings. The molecule has 4 rings (SSSR count). The van der Waals surface area contributed by atoms with Crippen molar-refractivity contribution in [2.75, 3.05) is 6.54 Å². The Balaban J connectivity index is 1.90. The molecule has 1 saturated heterocycles. The van der Waals surface area contributed by atoms with E-state index in [-0.39, 0.29) is 0 Å². The number of hydrogen-bond acceptors (Lipinski definition) is 1. The zero-order chi connectivity index (χ0) is 11.3. The molecule has 0 radical (unpaired) electrons. The van der Waals surface area contributed by atoms with E-state index in [2.05, 4.69) is 29.6 Å². The van der Waals surface area contributed by atoms with Crippen LogP contribution in [0.4, 0.5) is 0 Å². The molecule has 0 spiro atoms. The lowest BCUT2D eigenvalue weighted by molar-refractivity contribution is 0.0798. The normalized spacial score (nSPS) is 39.3. The van der Waals surface area contributed by atoms with Crippen molar-refractivity contribution in [2.45, 2.75) is 50.0 Å². The van der Waals surface area contributed by atoms with E-state index in [0.717, 1.165) is 12.0 Å². The molecule has 2 aliphatic carbocycles. The van der Waals surface area contributed by atoms with Crippen molar-refractivity contribution in [3.8, 4) is 0 Å². The van der Waals surface area contributed by atoms with E-state index >= 15 is 0 Å². The average molecular weight is 227 g/mol. The molecule has 1 heteroatoms. The smallest absolute Gasteiger partial charge is 0.0144 e. The molecule has 2 unspecified atom stereocenters. The summed E-state index contributed by atoms with van der Waals surface area (Å²) in [5, 5.41) is 3.79. The third-order valence-corrected chi connectivity index (χ3v) is 5.55. The predicted octanol–water partition coefficient (Wildman–Crippen LogP) is 3.03. The highest BCUT2D eigenvalue weighted by Crippen LogP contribution is 2.53. The first-order chi connectivity index (χ1) is 8.40. The van der Waals surface area contributed by atoms with Crippen molar-refractivity contribution in [3.63, 3.8) is 0 Å². The van der Waals surface area contributed by atoms with E-state index in [0.29, 0.717) is 5.41 Å². The van der Waals surface area contributed by atoms with Gasteiger partial charge in [0.05, 0.1) is 0 Å². The molecule has 1 saturated carbocycles. The van der Waals surface area contributed by atoms with Gasteiger partial charge in [-0.05, 0) is 49.3 Å². The lowest BCUT2D eigenvalue weighted by Gasteiger charge is -2.56. The van der Waals surface area contributed by atoms with Crippen LogP contribution >= 0.6 is 0 Å². The highest BCUT2D eigenvalue weighted by molar-refractivity contribution is 5.41. The van der Waals surface area contributed by atoms with Crippen molar-refractivity contribution in [2.24, 2.45) is 5.92 Å². The van der Waals surface area contributed by atoms with Gasteiger partial charge in [0.2, 0.25) is 0 Å². The van der Waals surface area contributed by atoms with Crippen LogP contribution in [0.3, 0.4) is 0 Å².